The van der Waals surface area contributed by atoms with Crippen molar-refractivity contribution >= 4 is 29.1 Å². The Balaban J connectivity index is 1.57. The number of halogens is 1. The van der Waals surface area contributed by atoms with Gasteiger partial charge in [0, 0.05) is 49.5 Å². The molecule has 0 saturated heterocycles. The zero-order valence-electron chi connectivity index (χ0n) is 20.8. The van der Waals surface area contributed by atoms with Gasteiger partial charge in [-0.05, 0) is 56.5 Å². The number of hydrazine groups is 1. The minimum Gasteiger partial charge on any atom is -0.310 e. The number of nitrogens with one attached hydrogen (secondary N) is 2. The highest BCUT2D eigenvalue weighted by molar-refractivity contribution is 6.31. The van der Waals surface area contributed by atoms with Gasteiger partial charge in [-0.3, -0.25) is 19.9 Å². The fourth-order valence-electron chi connectivity index (χ4n) is 3.97. The van der Waals surface area contributed by atoms with Crippen molar-refractivity contribution in [3.63, 3.8) is 0 Å². The Bertz CT molecular complexity index is 995. The van der Waals surface area contributed by atoms with Gasteiger partial charge < -0.3 is 10.2 Å². The summed E-state index contributed by atoms with van der Waals surface area (Å²) in [5, 5.41) is 10.7. The molecule has 0 atom stereocenters. The molecule has 2 amide bonds. The Morgan fingerprint density at radius 3 is 2.26 bits per heavy atom. The van der Waals surface area contributed by atoms with E-state index in [1.807, 2.05) is 42.3 Å². The average Bonchev–Trinajstić information content (AvgIpc) is 3.21. The number of hydrogen-bond donors (Lipinski definition) is 2. The number of carbonyl (C=O) groups is 2. The molecular formula is C26H36ClN5O2. The summed E-state index contributed by atoms with van der Waals surface area (Å²) in [5.41, 5.74) is 4.18. The van der Waals surface area contributed by atoms with Crippen molar-refractivity contribution in [1.82, 2.24) is 20.7 Å². The third kappa shape index (κ3) is 7.03. The molecule has 2 N–H and O–H groups in total. The van der Waals surface area contributed by atoms with E-state index in [1.54, 1.807) is 17.0 Å². The Morgan fingerprint density at radius 1 is 1.03 bits per heavy atom. The number of carbonyl (C=O) groups excluding carboxylic acids is 2. The van der Waals surface area contributed by atoms with Crippen molar-refractivity contribution < 1.29 is 9.59 Å². The second-order valence-corrected chi connectivity index (χ2v) is 10.2. The Kier molecular flexibility index (Phi) is 8.71. The molecule has 1 aliphatic rings. The summed E-state index contributed by atoms with van der Waals surface area (Å²) in [7, 11) is 1.78. The largest absolute Gasteiger partial charge is 0.310 e. The van der Waals surface area contributed by atoms with E-state index in [1.165, 1.54) is 11.1 Å². The normalized spacial score (nSPS) is 13.6. The van der Waals surface area contributed by atoms with E-state index in [2.05, 4.69) is 43.5 Å². The number of aryl methyl sites for hydroxylation is 1. The molecule has 1 aliphatic heterocycles. The maximum absolute atomic E-state index is 13.2. The maximum atomic E-state index is 13.2. The summed E-state index contributed by atoms with van der Waals surface area (Å²) in [6, 6.07) is 13.8. The van der Waals surface area contributed by atoms with Crippen LogP contribution in [0.5, 0.6) is 0 Å². The van der Waals surface area contributed by atoms with Crippen molar-refractivity contribution in [2.24, 2.45) is 0 Å². The predicted octanol–water partition coefficient (Wildman–Crippen LogP) is 3.35. The zero-order chi connectivity index (χ0) is 24.9. The van der Waals surface area contributed by atoms with Crippen LogP contribution in [-0.4, -0.2) is 60.6 Å². The highest BCUT2D eigenvalue weighted by Gasteiger charge is 2.25. The molecule has 0 saturated carbocycles. The quantitative estimate of drug-likeness (QED) is 0.570. The molecule has 7 nitrogen and oxygen atoms in total. The standard InChI is InChI=1S/C26H36ClN5O2/c1-19-10-11-22(27)14-23(19)32(13-12-29-26(2,3)4)25(34)16-28-15-24(33)30(5)31-17-20-8-6-7-9-21(20)18-31/h6-11,14,28-29H,12-13,15-18H2,1-5H3. The first kappa shape index (κ1) is 26.2. The summed E-state index contributed by atoms with van der Waals surface area (Å²) in [6.45, 7) is 10.9. The summed E-state index contributed by atoms with van der Waals surface area (Å²) in [4.78, 5) is 27.7. The first-order valence-corrected chi connectivity index (χ1v) is 12.0. The van der Waals surface area contributed by atoms with Gasteiger partial charge in [-0.1, -0.05) is 41.9 Å². The van der Waals surface area contributed by atoms with Crippen molar-refractivity contribution in [3.05, 3.63) is 64.2 Å². The molecule has 34 heavy (non-hydrogen) atoms. The van der Waals surface area contributed by atoms with Crippen molar-refractivity contribution in [2.45, 2.75) is 46.3 Å². The molecule has 0 bridgehead atoms. The van der Waals surface area contributed by atoms with E-state index in [4.69, 9.17) is 11.6 Å². The zero-order valence-corrected chi connectivity index (χ0v) is 21.6. The van der Waals surface area contributed by atoms with Gasteiger partial charge in [0.2, 0.25) is 5.91 Å². The minimum absolute atomic E-state index is 0.0530. The van der Waals surface area contributed by atoms with Crippen LogP contribution in [0.15, 0.2) is 42.5 Å². The fourth-order valence-corrected chi connectivity index (χ4v) is 4.13. The maximum Gasteiger partial charge on any atom is 0.250 e. The lowest BCUT2D eigenvalue weighted by atomic mass is 10.1. The van der Waals surface area contributed by atoms with Crippen LogP contribution in [0.3, 0.4) is 0 Å². The number of likely N-dealkylation sites (N-methyl/N-ethyl adjacent to an activating group) is 1. The van der Waals surface area contributed by atoms with E-state index >= 15 is 0 Å². The lowest BCUT2D eigenvalue weighted by Crippen LogP contribution is -2.48. The van der Waals surface area contributed by atoms with Crippen LogP contribution in [0.1, 0.15) is 37.5 Å². The number of rotatable bonds is 9. The van der Waals surface area contributed by atoms with Gasteiger partial charge in [-0.2, -0.15) is 0 Å². The first-order chi connectivity index (χ1) is 16.0. The van der Waals surface area contributed by atoms with E-state index in [-0.39, 0.29) is 30.4 Å². The molecule has 0 radical (unpaired) electrons. The number of benzene rings is 2. The van der Waals surface area contributed by atoms with Crippen LogP contribution in [0.25, 0.3) is 0 Å². The van der Waals surface area contributed by atoms with Crippen LogP contribution < -0.4 is 15.5 Å². The van der Waals surface area contributed by atoms with Crippen molar-refractivity contribution in [1.29, 1.82) is 0 Å². The summed E-state index contributed by atoms with van der Waals surface area (Å²) in [5.74, 6) is -0.189. The number of amides is 2. The van der Waals surface area contributed by atoms with E-state index in [0.717, 1.165) is 11.3 Å². The van der Waals surface area contributed by atoms with Gasteiger partial charge in [0.15, 0.2) is 0 Å². The van der Waals surface area contributed by atoms with Crippen LogP contribution >= 0.6 is 11.6 Å². The summed E-state index contributed by atoms with van der Waals surface area (Å²) >= 11 is 6.22. The fraction of sp³-hybridized carbons (Fsp3) is 0.462. The van der Waals surface area contributed by atoms with Gasteiger partial charge in [-0.15, -0.1) is 0 Å². The number of fused-ring (bicyclic) bond motifs is 1. The average molecular weight is 486 g/mol. The smallest absolute Gasteiger partial charge is 0.250 e. The molecule has 2 aromatic rings. The van der Waals surface area contributed by atoms with Crippen LogP contribution in [-0.2, 0) is 22.7 Å². The summed E-state index contributed by atoms with van der Waals surface area (Å²) in [6.07, 6.45) is 0. The third-order valence-corrected chi connectivity index (χ3v) is 6.15. The van der Waals surface area contributed by atoms with Gasteiger partial charge in [-0.25, -0.2) is 5.01 Å². The molecule has 1 heterocycles. The molecule has 3 rings (SSSR count). The van der Waals surface area contributed by atoms with Crippen LogP contribution in [0, 0.1) is 6.92 Å². The van der Waals surface area contributed by atoms with Gasteiger partial charge in [0.25, 0.3) is 5.91 Å². The molecular weight excluding hydrogens is 450 g/mol. The molecule has 184 valence electrons. The number of hydrogen-bond acceptors (Lipinski definition) is 5. The van der Waals surface area contributed by atoms with Crippen molar-refractivity contribution in [2.75, 3.05) is 38.1 Å². The van der Waals surface area contributed by atoms with Gasteiger partial charge in [0.05, 0.1) is 13.1 Å². The van der Waals surface area contributed by atoms with E-state index < -0.39 is 0 Å². The predicted molar refractivity (Wildman–Crippen MR) is 138 cm³/mol. The Morgan fingerprint density at radius 2 is 1.65 bits per heavy atom. The number of anilines is 1. The monoisotopic (exact) mass is 485 g/mol. The van der Waals surface area contributed by atoms with Gasteiger partial charge >= 0.3 is 0 Å². The molecule has 0 aromatic heterocycles. The third-order valence-electron chi connectivity index (χ3n) is 5.92. The molecule has 8 heteroatoms. The second kappa shape index (κ2) is 11.3. The Hall–Kier alpha value is -2.45. The SMILES string of the molecule is Cc1ccc(Cl)cc1N(CCNC(C)(C)C)C(=O)CNCC(=O)N(C)N1Cc2ccccc2C1. The molecule has 2 aromatic carbocycles. The van der Waals surface area contributed by atoms with E-state index in [0.29, 0.717) is 31.2 Å². The molecule has 0 aliphatic carbocycles. The summed E-state index contributed by atoms with van der Waals surface area (Å²) < 4.78 is 0. The first-order valence-electron chi connectivity index (χ1n) is 11.7. The molecule has 0 fully saturated rings. The number of nitrogens with zero attached hydrogens (tertiary/aromatic N) is 3. The molecule has 0 unspecified atom stereocenters. The van der Waals surface area contributed by atoms with Gasteiger partial charge in [0.1, 0.15) is 0 Å². The van der Waals surface area contributed by atoms with E-state index in [9.17, 15) is 9.59 Å². The minimum atomic E-state index is -0.106. The Labute approximate surface area is 208 Å². The lowest BCUT2D eigenvalue weighted by Gasteiger charge is -2.29. The second-order valence-electron chi connectivity index (χ2n) is 9.77. The topological polar surface area (TPSA) is 67.9 Å². The highest BCUT2D eigenvalue weighted by Crippen LogP contribution is 2.25. The highest BCUT2D eigenvalue weighted by atomic mass is 35.5. The van der Waals surface area contributed by atoms with Crippen molar-refractivity contribution in [3.8, 4) is 0 Å². The van der Waals surface area contributed by atoms with Crippen LogP contribution in [0.2, 0.25) is 5.02 Å². The van der Waals surface area contributed by atoms with Crippen LogP contribution in [0.4, 0.5) is 5.69 Å². The lowest BCUT2D eigenvalue weighted by molar-refractivity contribution is -0.145. The molecule has 0 spiro atoms.